The number of rotatable bonds is 5. The first-order chi connectivity index (χ1) is 8.67. The van der Waals surface area contributed by atoms with Gasteiger partial charge in [-0.3, -0.25) is 4.79 Å². The highest BCUT2D eigenvalue weighted by molar-refractivity contribution is 5.78. The number of urea groups is 1. The topological polar surface area (TPSA) is 78.4 Å². The van der Waals surface area contributed by atoms with Gasteiger partial charge in [0.2, 0.25) is 0 Å². The highest BCUT2D eigenvalue weighted by Crippen LogP contribution is 2.40. The summed E-state index contributed by atoms with van der Waals surface area (Å²) in [5.41, 5.74) is -0.587. The highest BCUT2D eigenvalue weighted by Gasteiger charge is 2.44. The number of carbonyl (C=O) groups is 2. The molecule has 0 aromatic carbocycles. The van der Waals surface area contributed by atoms with Gasteiger partial charge in [-0.25, -0.2) is 4.79 Å². The molecular weight excluding hydrogens is 244 g/mol. The maximum atomic E-state index is 11.7. The second-order valence-electron chi connectivity index (χ2n) is 6.77. The summed E-state index contributed by atoms with van der Waals surface area (Å²) < 4.78 is 0. The molecule has 5 nitrogen and oxygen atoms in total. The maximum absolute atomic E-state index is 11.7. The lowest BCUT2D eigenvalue weighted by molar-refractivity contribution is -0.153. The first-order valence-corrected chi connectivity index (χ1v) is 6.92. The summed E-state index contributed by atoms with van der Waals surface area (Å²) in [7, 11) is 0. The van der Waals surface area contributed by atoms with Crippen molar-refractivity contribution in [1.82, 2.24) is 10.6 Å². The van der Waals surface area contributed by atoms with Gasteiger partial charge >= 0.3 is 12.0 Å². The Balaban J connectivity index is 2.31. The summed E-state index contributed by atoms with van der Waals surface area (Å²) in [6, 6.07) is -0.274. The van der Waals surface area contributed by atoms with Gasteiger partial charge < -0.3 is 15.7 Å². The fourth-order valence-corrected chi connectivity index (χ4v) is 1.93. The van der Waals surface area contributed by atoms with Crippen LogP contribution < -0.4 is 10.6 Å². The van der Waals surface area contributed by atoms with Crippen molar-refractivity contribution in [3.8, 4) is 0 Å². The van der Waals surface area contributed by atoms with E-state index in [0.717, 1.165) is 6.42 Å². The molecule has 1 fully saturated rings. The molecule has 1 aliphatic rings. The standard InChI is InChI=1S/C14H26N2O3/c1-10(13(2,3)4)8-15-12(19)16-9-14(11(17)18)6-5-7-14/h10H,5-9H2,1-4H3,(H,17,18)(H2,15,16,19). The van der Waals surface area contributed by atoms with Gasteiger partial charge in [-0.2, -0.15) is 0 Å². The van der Waals surface area contributed by atoms with Crippen LogP contribution in [-0.4, -0.2) is 30.2 Å². The van der Waals surface area contributed by atoms with Crippen molar-refractivity contribution >= 4 is 12.0 Å². The monoisotopic (exact) mass is 270 g/mol. The molecule has 0 aliphatic heterocycles. The van der Waals surface area contributed by atoms with Crippen LogP contribution in [0.3, 0.4) is 0 Å². The molecule has 1 unspecified atom stereocenters. The van der Waals surface area contributed by atoms with E-state index in [0.29, 0.717) is 25.3 Å². The number of carboxylic acid groups (broad SMARTS) is 1. The van der Waals surface area contributed by atoms with Gasteiger partial charge in [0, 0.05) is 13.1 Å². The molecule has 2 amide bonds. The van der Waals surface area contributed by atoms with Crippen LogP contribution in [0.5, 0.6) is 0 Å². The second kappa shape index (κ2) is 5.80. The number of nitrogens with one attached hydrogen (secondary N) is 2. The predicted octanol–water partition coefficient (Wildman–Crippen LogP) is 2.22. The number of aliphatic carboxylic acids is 1. The first-order valence-electron chi connectivity index (χ1n) is 6.92. The third kappa shape index (κ3) is 4.11. The van der Waals surface area contributed by atoms with E-state index in [4.69, 9.17) is 5.11 Å². The zero-order valence-corrected chi connectivity index (χ0v) is 12.4. The van der Waals surface area contributed by atoms with Gasteiger partial charge in [-0.1, -0.05) is 34.1 Å². The maximum Gasteiger partial charge on any atom is 0.314 e. The molecule has 5 heteroatoms. The van der Waals surface area contributed by atoms with Crippen molar-refractivity contribution in [3.63, 3.8) is 0 Å². The third-order valence-electron chi connectivity index (χ3n) is 4.40. The van der Waals surface area contributed by atoms with E-state index < -0.39 is 11.4 Å². The number of amides is 2. The molecule has 1 aliphatic carbocycles. The van der Waals surface area contributed by atoms with Crippen LogP contribution in [0.4, 0.5) is 4.79 Å². The van der Waals surface area contributed by atoms with Crippen molar-refractivity contribution in [3.05, 3.63) is 0 Å². The third-order valence-corrected chi connectivity index (χ3v) is 4.40. The van der Waals surface area contributed by atoms with Crippen molar-refractivity contribution < 1.29 is 14.7 Å². The van der Waals surface area contributed by atoms with Crippen LogP contribution in [-0.2, 0) is 4.79 Å². The van der Waals surface area contributed by atoms with Gasteiger partial charge in [0.1, 0.15) is 0 Å². The molecule has 0 saturated heterocycles. The van der Waals surface area contributed by atoms with Crippen molar-refractivity contribution in [2.75, 3.05) is 13.1 Å². The largest absolute Gasteiger partial charge is 0.481 e. The van der Waals surface area contributed by atoms with Gasteiger partial charge in [-0.05, 0) is 24.2 Å². The normalized spacial score (nSPS) is 19.2. The van der Waals surface area contributed by atoms with Crippen LogP contribution in [0, 0.1) is 16.7 Å². The summed E-state index contributed by atoms with van der Waals surface area (Å²) in [5.74, 6) is -0.447. The minimum atomic E-state index is -0.804. The van der Waals surface area contributed by atoms with Crippen molar-refractivity contribution in [1.29, 1.82) is 0 Å². The molecule has 0 radical (unpaired) electrons. The predicted molar refractivity (Wildman–Crippen MR) is 73.9 cm³/mol. The van der Waals surface area contributed by atoms with E-state index in [1.54, 1.807) is 0 Å². The summed E-state index contributed by atoms with van der Waals surface area (Å²) in [6.45, 7) is 9.29. The van der Waals surface area contributed by atoms with E-state index in [1.807, 2.05) is 0 Å². The van der Waals surface area contributed by atoms with Crippen LogP contribution in [0.1, 0.15) is 47.0 Å². The molecule has 110 valence electrons. The van der Waals surface area contributed by atoms with Crippen LogP contribution >= 0.6 is 0 Å². The molecule has 0 aromatic heterocycles. The molecule has 0 bridgehead atoms. The summed E-state index contributed by atoms with van der Waals surface area (Å²) in [5, 5.41) is 14.6. The van der Waals surface area contributed by atoms with Gasteiger partial charge in [0.25, 0.3) is 0 Å². The average Bonchev–Trinajstić information content (AvgIpc) is 2.22. The first kappa shape index (κ1) is 15.8. The quantitative estimate of drug-likeness (QED) is 0.716. The summed E-state index contributed by atoms with van der Waals surface area (Å²) >= 11 is 0. The molecule has 0 spiro atoms. The lowest BCUT2D eigenvalue weighted by atomic mass is 9.69. The van der Waals surface area contributed by atoms with Crippen molar-refractivity contribution in [2.45, 2.75) is 47.0 Å². The Morgan fingerprint density at radius 2 is 1.84 bits per heavy atom. The fourth-order valence-electron chi connectivity index (χ4n) is 1.93. The highest BCUT2D eigenvalue weighted by atomic mass is 16.4. The minimum Gasteiger partial charge on any atom is -0.481 e. The molecule has 1 rings (SSSR count). The Hall–Kier alpha value is -1.26. The lowest BCUT2D eigenvalue weighted by Crippen LogP contribution is -2.50. The Morgan fingerprint density at radius 3 is 2.21 bits per heavy atom. The minimum absolute atomic E-state index is 0.142. The molecular formula is C14H26N2O3. The average molecular weight is 270 g/mol. The van der Waals surface area contributed by atoms with Gasteiger partial charge in [0.15, 0.2) is 0 Å². The fraction of sp³-hybridized carbons (Fsp3) is 0.857. The number of hydrogen-bond donors (Lipinski definition) is 3. The zero-order chi connectivity index (χ0) is 14.7. The molecule has 3 N–H and O–H groups in total. The van der Waals surface area contributed by atoms with Gasteiger partial charge in [0.05, 0.1) is 5.41 Å². The molecule has 1 saturated carbocycles. The number of carbonyl (C=O) groups excluding carboxylic acids is 1. The second-order valence-corrected chi connectivity index (χ2v) is 6.77. The van der Waals surface area contributed by atoms with Crippen LogP contribution in [0.2, 0.25) is 0 Å². The zero-order valence-electron chi connectivity index (χ0n) is 12.4. The Kier molecular flexibility index (Phi) is 4.82. The Bertz CT molecular complexity index is 343. The van der Waals surface area contributed by atoms with E-state index in [2.05, 4.69) is 38.3 Å². The molecule has 0 heterocycles. The summed E-state index contributed by atoms with van der Waals surface area (Å²) in [4.78, 5) is 22.8. The Labute approximate surface area is 115 Å². The smallest absolute Gasteiger partial charge is 0.314 e. The van der Waals surface area contributed by atoms with Crippen molar-refractivity contribution in [2.24, 2.45) is 16.7 Å². The number of carboxylic acids is 1. The molecule has 1 atom stereocenters. The lowest BCUT2D eigenvalue weighted by Gasteiger charge is -2.37. The van der Waals surface area contributed by atoms with Crippen LogP contribution in [0.25, 0.3) is 0 Å². The van der Waals surface area contributed by atoms with Gasteiger partial charge in [-0.15, -0.1) is 0 Å². The van der Waals surface area contributed by atoms with E-state index in [-0.39, 0.29) is 18.0 Å². The molecule has 0 aromatic rings. The number of hydrogen-bond acceptors (Lipinski definition) is 2. The Morgan fingerprint density at radius 1 is 1.26 bits per heavy atom. The SMILES string of the molecule is CC(CNC(=O)NCC1(C(=O)O)CCC1)C(C)(C)C. The summed E-state index contributed by atoms with van der Waals surface area (Å²) in [6.07, 6.45) is 2.23. The van der Waals surface area contributed by atoms with E-state index in [1.165, 1.54) is 0 Å². The van der Waals surface area contributed by atoms with E-state index >= 15 is 0 Å². The van der Waals surface area contributed by atoms with Crippen LogP contribution in [0.15, 0.2) is 0 Å². The molecule has 19 heavy (non-hydrogen) atoms. The van der Waals surface area contributed by atoms with E-state index in [9.17, 15) is 9.59 Å².